The van der Waals surface area contributed by atoms with Crippen molar-refractivity contribution in [1.29, 1.82) is 0 Å². The molecule has 4 rings (SSSR count). The van der Waals surface area contributed by atoms with Crippen LogP contribution < -0.4 is 16.0 Å². The summed E-state index contributed by atoms with van der Waals surface area (Å²) in [4.78, 5) is 9.45. The van der Waals surface area contributed by atoms with E-state index in [2.05, 4.69) is 45.3 Å². The first kappa shape index (κ1) is 25.2. The maximum atomic E-state index is 5.93. The minimum Gasteiger partial charge on any atom is -0.366 e. The molecule has 182 valence electrons. The number of anilines is 2. The zero-order valence-corrected chi connectivity index (χ0v) is 21.8. The molecule has 0 aliphatic rings. The van der Waals surface area contributed by atoms with Crippen molar-refractivity contribution < 1.29 is 0 Å². The number of benzene rings is 2. The highest BCUT2D eigenvalue weighted by Crippen LogP contribution is 2.23. The van der Waals surface area contributed by atoms with Crippen LogP contribution in [0.5, 0.6) is 0 Å². The summed E-state index contributed by atoms with van der Waals surface area (Å²) >= 11 is 12.9. The Morgan fingerprint density at radius 2 is 1.86 bits per heavy atom. The molecule has 0 radical (unpaired) electrons. The molecule has 11 heteroatoms. The fourth-order valence-electron chi connectivity index (χ4n) is 3.31. The lowest BCUT2D eigenvalue weighted by Gasteiger charge is -2.12. The molecule has 0 unspecified atom stereocenters. The van der Waals surface area contributed by atoms with E-state index in [4.69, 9.17) is 33.8 Å². The number of rotatable bonds is 11. The van der Waals surface area contributed by atoms with Crippen LogP contribution in [-0.2, 0) is 13.0 Å². The summed E-state index contributed by atoms with van der Waals surface area (Å²) in [5.74, 6) is 1.63. The summed E-state index contributed by atoms with van der Waals surface area (Å²) in [6.45, 7) is 4.04. The topological polar surface area (TPSA) is 92.6 Å². The molecule has 2 heterocycles. The molecule has 2 aromatic carbocycles. The third kappa shape index (κ3) is 7.27. The number of hydrogen-bond acceptors (Lipinski definition) is 7. The average Bonchev–Trinajstić information content (AvgIpc) is 3.29. The minimum atomic E-state index is 0.535. The molecule has 0 saturated heterocycles. The molecule has 0 aliphatic heterocycles. The van der Waals surface area contributed by atoms with E-state index in [1.165, 1.54) is 5.56 Å². The summed E-state index contributed by atoms with van der Waals surface area (Å²) in [5.41, 5.74) is 3.53. The highest BCUT2D eigenvalue weighted by Gasteiger charge is 2.15. The quantitative estimate of drug-likeness (QED) is 0.108. The zero-order chi connectivity index (χ0) is 24.5. The number of halogens is 1. The van der Waals surface area contributed by atoms with Gasteiger partial charge in [-0.25, -0.2) is 14.6 Å². The summed E-state index contributed by atoms with van der Waals surface area (Å²) in [7, 11) is 0. The van der Waals surface area contributed by atoms with Crippen LogP contribution in [0.1, 0.15) is 18.9 Å². The van der Waals surface area contributed by atoms with Gasteiger partial charge in [0, 0.05) is 36.1 Å². The molecule has 4 aromatic rings. The normalized spacial score (nSPS) is 10.9. The number of aromatic nitrogens is 5. The Bertz CT molecular complexity index is 1250. The Kier molecular flexibility index (Phi) is 9.10. The number of aryl methyl sites for hydroxylation is 2. The first-order valence-corrected chi connectivity index (χ1v) is 13.2. The number of nitrogens with one attached hydrogen (secondary N) is 3. The average molecular weight is 527 g/mol. The van der Waals surface area contributed by atoms with Gasteiger partial charge in [-0.2, -0.15) is 0 Å². The molecule has 0 bridgehead atoms. The van der Waals surface area contributed by atoms with Crippen molar-refractivity contribution >= 4 is 63.4 Å². The van der Waals surface area contributed by atoms with Gasteiger partial charge in [0.1, 0.15) is 0 Å². The van der Waals surface area contributed by atoms with E-state index in [9.17, 15) is 0 Å². The largest absolute Gasteiger partial charge is 0.366 e. The van der Waals surface area contributed by atoms with Gasteiger partial charge >= 0.3 is 0 Å². The van der Waals surface area contributed by atoms with Crippen molar-refractivity contribution in [2.24, 2.45) is 0 Å². The lowest BCUT2D eigenvalue weighted by atomic mass is 10.1. The standard InChI is InChI=1S/C24H27ClN8S2/c1-2-16-35-24-29-21(26-13-14-27-23(34)28-19-10-8-18(25)9-11-19)20-22(30-24)33(32-31-20)15-12-17-6-4-3-5-7-17/h3-11H,2,12-16H2,1H3,(H,26,29,30)(H2,27,28,34). The molecule has 8 nitrogen and oxygen atoms in total. The van der Waals surface area contributed by atoms with Crippen LogP contribution in [0.4, 0.5) is 11.5 Å². The Labute approximate surface area is 219 Å². The van der Waals surface area contributed by atoms with Crippen molar-refractivity contribution in [3.05, 3.63) is 65.2 Å². The molecular formula is C24H27ClN8S2. The van der Waals surface area contributed by atoms with Gasteiger partial charge in [0.05, 0.1) is 0 Å². The van der Waals surface area contributed by atoms with Gasteiger partial charge in [0.15, 0.2) is 27.3 Å². The molecule has 35 heavy (non-hydrogen) atoms. The molecule has 0 spiro atoms. The van der Waals surface area contributed by atoms with Crippen LogP contribution in [0, 0.1) is 0 Å². The van der Waals surface area contributed by atoms with E-state index in [1.54, 1.807) is 11.8 Å². The van der Waals surface area contributed by atoms with Crippen LogP contribution in [0.2, 0.25) is 5.02 Å². The van der Waals surface area contributed by atoms with Crippen molar-refractivity contribution in [3.8, 4) is 0 Å². The zero-order valence-electron chi connectivity index (χ0n) is 19.4. The first-order valence-electron chi connectivity index (χ1n) is 11.4. The Hall–Kier alpha value is -2.95. The van der Waals surface area contributed by atoms with Crippen LogP contribution in [-0.4, -0.2) is 48.9 Å². The predicted octanol–water partition coefficient (Wildman–Crippen LogP) is 5.02. The second kappa shape index (κ2) is 12.7. The Morgan fingerprint density at radius 3 is 2.63 bits per heavy atom. The van der Waals surface area contributed by atoms with Gasteiger partial charge in [-0.15, -0.1) is 5.10 Å². The summed E-state index contributed by atoms with van der Waals surface area (Å²) < 4.78 is 1.86. The van der Waals surface area contributed by atoms with Crippen molar-refractivity contribution in [2.45, 2.75) is 31.5 Å². The van der Waals surface area contributed by atoms with E-state index in [0.717, 1.165) is 35.1 Å². The number of hydrogen-bond donors (Lipinski definition) is 3. The molecule has 0 aliphatic carbocycles. The van der Waals surface area contributed by atoms with Crippen molar-refractivity contribution in [3.63, 3.8) is 0 Å². The molecule has 0 atom stereocenters. The van der Waals surface area contributed by atoms with Gasteiger partial charge in [-0.1, -0.05) is 65.8 Å². The number of thiocarbonyl (C=S) groups is 1. The van der Waals surface area contributed by atoms with Crippen LogP contribution >= 0.6 is 35.6 Å². The van der Waals surface area contributed by atoms with Gasteiger partial charge in [-0.3, -0.25) is 0 Å². The van der Waals surface area contributed by atoms with Crippen LogP contribution in [0.15, 0.2) is 59.8 Å². The van der Waals surface area contributed by atoms with E-state index >= 15 is 0 Å². The maximum Gasteiger partial charge on any atom is 0.191 e. The molecule has 0 amide bonds. The maximum absolute atomic E-state index is 5.93. The van der Waals surface area contributed by atoms with Crippen molar-refractivity contribution in [1.82, 2.24) is 30.3 Å². The van der Waals surface area contributed by atoms with E-state index < -0.39 is 0 Å². The Balaban J connectivity index is 1.39. The van der Waals surface area contributed by atoms with Gasteiger partial charge in [-0.05, 0) is 54.9 Å². The molecule has 0 fully saturated rings. The Morgan fingerprint density at radius 1 is 1.06 bits per heavy atom. The van der Waals surface area contributed by atoms with E-state index in [-0.39, 0.29) is 0 Å². The third-order valence-electron chi connectivity index (χ3n) is 5.04. The SMILES string of the molecule is CCCSc1nc(NCCNC(=S)Nc2ccc(Cl)cc2)c2nnn(CCc3ccccc3)c2n1. The number of thioether (sulfide) groups is 1. The monoisotopic (exact) mass is 526 g/mol. The van der Waals surface area contributed by atoms with E-state index in [0.29, 0.717) is 41.1 Å². The minimum absolute atomic E-state index is 0.535. The van der Waals surface area contributed by atoms with Gasteiger partial charge < -0.3 is 16.0 Å². The second-order valence-electron chi connectivity index (χ2n) is 7.74. The second-order valence-corrected chi connectivity index (χ2v) is 9.64. The highest BCUT2D eigenvalue weighted by molar-refractivity contribution is 7.99. The summed E-state index contributed by atoms with van der Waals surface area (Å²) in [6.07, 6.45) is 1.90. The molecule has 0 saturated carbocycles. The van der Waals surface area contributed by atoms with Crippen molar-refractivity contribution in [2.75, 3.05) is 29.5 Å². The predicted molar refractivity (Wildman–Crippen MR) is 148 cm³/mol. The smallest absolute Gasteiger partial charge is 0.191 e. The third-order valence-corrected chi connectivity index (χ3v) is 6.59. The highest BCUT2D eigenvalue weighted by atomic mass is 35.5. The van der Waals surface area contributed by atoms with Gasteiger partial charge in [0.2, 0.25) is 0 Å². The summed E-state index contributed by atoms with van der Waals surface area (Å²) in [6, 6.07) is 17.7. The number of fused-ring (bicyclic) bond motifs is 1. The summed E-state index contributed by atoms with van der Waals surface area (Å²) in [5, 5.41) is 20.4. The van der Waals surface area contributed by atoms with Crippen LogP contribution in [0.3, 0.4) is 0 Å². The van der Waals surface area contributed by atoms with Gasteiger partial charge in [0.25, 0.3) is 0 Å². The number of nitrogens with zero attached hydrogens (tertiary/aromatic N) is 5. The fraction of sp³-hybridized carbons (Fsp3) is 0.292. The first-order chi connectivity index (χ1) is 17.1. The van der Waals surface area contributed by atoms with Crippen LogP contribution in [0.25, 0.3) is 11.2 Å². The lowest BCUT2D eigenvalue weighted by molar-refractivity contribution is 0.600. The van der Waals surface area contributed by atoms with E-state index in [1.807, 2.05) is 47.1 Å². The molecule has 3 N–H and O–H groups in total. The fourth-order valence-corrected chi connectivity index (χ4v) is 4.35. The molecular weight excluding hydrogens is 500 g/mol. The lowest BCUT2D eigenvalue weighted by Crippen LogP contribution is -2.32. The molecule has 2 aromatic heterocycles.